The van der Waals surface area contributed by atoms with Crippen molar-refractivity contribution >= 4 is 22.6 Å². The first-order valence-electron chi connectivity index (χ1n) is 10.3. The van der Waals surface area contributed by atoms with Gasteiger partial charge in [0.1, 0.15) is 11.3 Å². The number of amides is 1. The third kappa shape index (κ3) is 4.25. The average molecular weight is 461 g/mol. The molecule has 0 atom stereocenters. The fraction of sp³-hybridized carbons (Fsp3) is 0.154. The van der Waals surface area contributed by atoms with E-state index in [9.17, 15) is 9.59 Å². The summed E-state index contributed by atoms with van der Waals surface area (Å²) in [5.41, 5.74) is 1.62. The fourth-order valence-electron chi connectivity index (χ4n) is 3.64. The Morgan fingerprint density at radius 2 is 1.47 bits per heavy atom. The monoisotopic (exact) mass is 461 g/mol. The zero-order valence-corrected chi connectivity index (χ0v) is 19.1. The van der Waals surface area contributed by atoms with Crippen LogP contribution in [0.25, 0.3) is 22.1 Å². The number of carbonyl (C=O) groups is 1. The van der Waals surface area contributed by atoms with Gasteiger partial charge in [-0.2, -0.15) is 0 Å². The minimum absolute atomic E-state index is 0.284. The summed E-state index contributed by atoms with van der Waals surface area (Å²) in [6.07, 6.45) is 0. The molecule has 0 bridgehead atoms. The Bertz CT molecular complexity index is 1400. The van der Waals surface area contributed by atoms with Crippen molar-refractivity contribution in [2.75, 3.05) is 33.8 Å². The lowest BCUT2D eigenvalue weighted by molar-refractivity contribution is 0.102. The van der Waals surface area contributed by atoms with Crippen LogP contribution in [0.5, 0.6) is 23.0 Å². The third-order valence-electron chi connectivity index (χ3n) is 5.33. The SMILES string of the molecule is COc1ccc(-c2cc3ccccc3oc2=O)cc1NC(=O)c1cc(OC)c(OC)c(OC)c1. The number of ether oxygens (including phenoxy) is 4. The van der Waals surface area contributed by atoms with E-state index in [0.717, 1.165) is 5.39 Å². The molecule has 0 fully saturated rings. The first kappa shape index (κ1) is 22.7. The highest BCUT2D eigenvalue weighted by Gasteiger charge is 2.19. The first-order chi connectivity index (χ1) is 16.5. The highest BCUT2D eigenvalue weighted by molar-refractivity contribution is 6.06. The van der Waals surface area contributed by atoms with Gasteiger partial charge in [0.15, 0.2) is 11.5 Å². The molecule has 0 aliphatic rings. The van der Waals surface area contributed by atoms with Crippen LogP contribution in [-0.2, 0) is 0 Å². The molecule has 0 radical (unpaired) electrons. The smallest absolute Gasteiger partial charge is 0.344 e. The Hall–Kier alpha value is -4.46. The van der Waals surface area contributed by atoms with Crippen molar-refractivity contribution in [2.24, 2.45) is 0 Å². The fourth-order valence-corrected chi connectivity index (χ4v) is 3.64. The summed E-state index contributed by atoms with van der Waals surface area (Å²) in [6, 6.07) is 17.2. The summed E-state index contributed by atoms with van der Waals surface area (Å²) >= 11 is 0. The number of para-hydroxylation sites is 1. The molecule has 0 aliphatic carbocycles. The number of methoxy groups -OCH3 is 4. The van der Waals surface area contributed by atoms with Crippen LogP contribution in [0.3, 0.4) is 0 Å². The van der Waals surface area contributed by atoms with Crippen molar-refractivity contribution in [2.45, 2.75) is 0 Å². The molecule has 8 heteroatoms. The van der Waals surface area contributed by atoms with Gasteiger partial charge in [-0.1, -0.05) is 24.3 Å². The third-order valence-corrected chi connectivity index (χ3v) is 5.33. The van der Waals surface area contributed by atoms with Crippen LogP contribution in [0.1, 0.15) is 10.4 Å². The number of hydrogen-bond acceptors (Lipinski definition) is 7. The van der Waals surface area contributed by atoms with Crippen LogP contribution in [0.15, 0.2) is 69.9 Å². The van der Waals surface area contributed by atoms with E-state index in [4.69, 9.17) is 23.4 Å². The van der Waals surface area contributed by atoms with E-state index in [1.54, 1.807) is 48.5 Å². The number of carbonyl (C=O) groups excluding carboxylic acids is 1. The van der Waals surface area contributed by atoms with Crippen molar-refractivity contribution in [3.8, 4) is 34.1 Å². The van der Waals surface area contributed by atoms with Gasteiger partial charge in [-0.25, -0.2) is 4.79 Å². The molecule has 174 valence electrons. The van der Waals surface area contributed by atoms with Crippen molar-refractivity contribution in [1.82, 2.24) is 0 Å². The van der Waals surface area contributed by atoms with Gasteiger partial charge in [-0.05, 0) is 42.0 Å². The molecular formula is C26H23NO7. The average Bonchev–Trinajstić information content (AvgIpc) is 2.87. The maximum atomic E-state index is 13.1. The van der Waals surface area contributed by atoms with Gasteiger partial charge >= 0.3 is 5.63 Å². The van der Waals surface area contributed by atoms with Crippen molar-refractivity contribution < 1.29 is 28.2 Å². The second kappa shape index (κ2) is 9.58. The molecular weight excluding hydrogens is 438 g/mol. The lowest BCUT2D eigenvalue weighted by atomic mass is 10.0. The van der Waals surface area contributed by atoms with Gasteiger partial charge in [0, 0.05) is 10.9 Å². The van der Waals surface area contributed by atoms with E-state index in [1.807, 2.05) is 12.1 Å². The quantitative estimate of drug-likeness (QED) is 0.397. The van der Waals surface area contributed by atoms with Crippen molar-refractivity contribution in [1.29, 1.82) is 0 Å². The van der Waals surface area contributed by atoms with Crippen LogP contribution in [-0.4, -0.2) is 34.3 Å². The van der Waals surface area contributed by atoms with Crippen LogP contribution in [0.2, 0.25) is 0 Å². The van der Waals surface area contributed by atoms with Gasteiger partial charge in [0.2, 0.25) is 5.75 Å². The van der Waals surface area contributed by atoms with E-state index < -0.39 is 11.5 Å². The summed E-state index contributed by atoms with van der Waals surface area (Å²) in [7, 11) is 5.93. The van der Waals surface area contributed by atoms with Gasteiger partial charge in [-0.3, -0.25) is 4.79 Å². The van der Waals surface area contributed by atoms with Crippen LogP contribution in [0, 0.1) is 0 Å². The van der Waals surface area contributed by atoms with Crippen LogP contribution >= 0.6 is 0 Å². The molecule has 0 aliphatic heterocycles. The normalized spacial score (nSPS) is 10.6. The van der Waals surface area contributed by atoms with Gasteiger partial charge < -0.3 is 28.7 Å². The molecule has 0 saturated carbocycles. The maximum absolute atomic E-state index is 13.1. The second-order valence-corrected chi connectivity index (χ2v) is 7.27. The lowest BCUT2D eigenvalue weighted by Gasteiger charge is -2.15. The molecule has 1 N–H and O–H groups in total. The largest absolute Gasteiger partial charge is 0.495 e. The summed E-state index contributed by atoms with van der Waals surface area (Å²) in [6.45, 7) is 0. The molecule has 34 heavy (non-hydrogen) atoms. The maximum Gasteiger partial charge on any atom is 0.344 e. The summed E-state index contributed by atoms with van der Waals surface area (Å²) < 4.78 is 26.9. The van der Waals surface area contributed by atoms with Crippen LogP contribution in [0.4, 0.5) is 5.69 Å². The molecule has 0 unspecified atom stereocenters. The zero-order valence-electron chi connectivity index (χ0n) is 19.1. The van der Waals surface area contributed by atoms with Crippen molar-refractivity contribution in [3.05, 3.63) is 76.6 Å². The Morgan fingerprint density at radius 1 is 0.794 bits per heavy atom. The van der Waals surface area contributed by atoms with E-state index in [2.05, 4.69) is 5.32 Å². The molecule has 4 aromatic rings. The topological polar surface area (TPSA) is 96.2 Å². The molecule has 1 aromatic heterocycles. The molecule has 4 rings (SSSR count). The van der Waals surface area contributed by atoms with Crippen LogP contribution < -0.4 is 29.9 Å². The van der Waals surface area contributed by atoms with Gasteiger partial charge in [-0.15, -0.1) is 0 Å². The first-order valence-corrected chi connectivity index (χ1v) is 10.3. The van der Waals surface area contributed by atoms with E-state index >= 15 is 0 Å². The van der Waals surface area contributed by atoms with Crippen molar-refractivity contribution in [3.63, 3.8) is 0 Å². The minimum Gasteiger partial charge on any atom is -0.495 e. The summed E-state index contributed by atoms with van der Waals surface area (Å²) in [4.78, 5) is 25.7. The number of fused-ring (bicyclic) bond motifs is 1. The Balaban J connectivity index is 1.73. The minimum atomic E-state index is -0.481. The summed E-state index contributed by atoms with van der Waals surface area (Å²) in [5.74, 6) is 1.07. The summed E-state index contributed by atoms with van der Waals surface area (Å²) in [5, 5.41) is 3.62. The Labute approximate surface area is 195 Å². The molecule has 1 amide bonds. The lowest BCUT2D eigenvalue weighted by Crippen LogP contribution is -2.14. The highest BCUT2D eigenvalue weighted by atomic mass is 16.5. The molecule has 1 heterocycles. The zero-order chi connectivity index (χ0) is 24.2. The van der Waals surface area contributed by atoms with E-state index in [1.165, 1.54) is 28.4 Å². The predicted molar refractivity (Wildman–Crippen MR) is 129 cm³/mol. The number of benzene rings is 3. The number of rotatable bonds is 7. The predicted octanol–water partition coefficient (Wildman–Crippen LogP) is 4.75. The Morgan fingerprint density at radius 3 is 2.12 bits per heavy atom. The molecule has 0 saturated heterocycles. The van der Waals surface area contributed by atoms with Gasteiger partial charge in [0.05, 0.1) is 39.7 Å². The standard InChI is InChI=1S/C26H23NO7/c1-30-21-10-9-15(18-11-16-7-5-6-8-20(16)34-26(18)29)12-19(21)27-25(28)17-13-22(31-2)24(33-4)23(14-17)32-3/h5-14H,1-4H3,(H,27,28). The molecule has 3 aromatic carbocycles. The number of nitrogens with one attached hydrogen (secondary N) is 1. The molecule has 8 nitrogen and oxygen atoms in total. The molecule has 0 spiro atoms. The number of hydrogen-bond donors (Lipinski definition) is 1. The number of anilines is 1. The second-order valence-electron chi connectivity index (χ2n) is 7.27. The Kier molecular flexibility index (Phi) is 6.40. The van der Waals surface area contributed by atoms with E-state index in [0.29, 0.717) is 45.4 Å². The van der Waals surface area contributed by atoms with E-state index in [-0.39, 0.29) is 5.56 Å². The highest BCUT2D eigenvalue weighted by Crippen LogP contribution is 2.39. The van der Waals surface area contributed by atoms with Gasteiger partial charge in [0.25, 0.3) is 5.91 Å².